The lowest BCUT2D eigenvalue weighted by Crippen LogP contribution is -2.45. The second-order valence-corrected chi connectivity index (χ2v) is 4.82. The molecule has 2 heterocycles. The molecule has 5 heteroatoms. The molecule has 0 aromatic carbocycles. The first-order valence-corrected chi connectivity index (χ1v) is 5.98. The van der Waals surface area contributed by atoms with Gasteiger partial charge in [0.15, 0.2) is 0 Å². The third-order valence-electron chi connectivity index (χ3n) is 3.42. The van der Waals surface area contributed by atoms with Crippen molar-refractivity contribution in [3.63, 3.8) is 0 Å². The molecule has 5 nitrogen and oxygen atoms in total. The summed E-state index contributed by atoms with van der Waals surface area (Å²) in [6.45, 7) is 6.33. The van der Waals surface area contributed by atoms with Crippen molar-refractivity contribution >= 4 is 6.09 Å². The van der Waals surface area contributed by atoms with Crippen molar-refractivity contribution in [3.05, 3.63) is 0 Å². The minimum absolute atomic E-state index is 0.0946. The Hall–Kier alpha value is -0.810. The fraction of sp³-hybridized carbons (Fsp3) is 0.909. The third-order valence-corrected chi connectivity index (χ3v) is 3.42. The van der Waals surface area contributed by atoms with E-state index in [9.17, 15) is 4.79 Å². The van der Waals surface area contributed by atoms with Crippen LogP contribution in [-0.4, -0.2) is 80.3 Å². The molecule has 0 bridgehead atoms. The molecule has 92 valence electrons. The number of hydrogen-bond donors (Lipinski definition) is 0. The van der Waals surface area contributed by atoms with Gasteiger partial charge in [-0.1, -0.05) is 0 Å². The molecule has 0 aliphatic carbocycles. The predicted octanol–water partition coefficient (Wildman–Crippen LogP) is 0.0745. The number of piperazine rings is 1. The first-order chi connectivity index (χ1) is 7.65. The van der Waals surface area contributed by atoms with Gasteiger partial charge in [0.1, 0.15) is 6.10 Å². The summed E-state index contributed by atoms with van der Waals surface area (Å²) >= 11 is 0. The molecule has 0 aromatic heterocycles. The predicted molar refractivity (Wildman–Crippen MR) is 61.5 cm³/mol. The van der Waals surface area contributed by atoms with Gasteiger partial charge in [-0.25, -0.2) is 4.79 Å². The van der Waals surface area contributed by atoms with E-state index in [2.05, 4.69) is 16.8 Å². The van der Waals surface area contributed by atoms with Crippen molar-refractivity contribution in [3.8, 4) is 0 Å². The zero-order valence-corrected chi connectivity index (χ0v) is 10.2. The SMILES string of the molecule is CN1CCN(CC[C@@H]2CN(C)C(=O)O2)CC1. The standard InChI is InChI=1S/C11H21N3O2/c1-12-5-7-14(8-6-12)4-3-10-9-13(2)11(15)16-10/h10H,3-9H2,1-2H3/t10-/m1/s1. The number of amides is 1. The van der Waals surface area contributed by atoms with Crippen LogP contribution in [-0.2, 0) is 4.74 Å². The van der Waals surface area contributed by atoms with Crippen LogP contribution in [0.15, 0.2) is 0 Å². The fourth-order valence-electron chi connectivity index (χ4n) is 2.20. The van der Waals surface area contributed by atoms with Crippen LogP contribution >= 0.6 is 0 Å². The van der Waals surface area contributed by atoms with Crippen LogP contribution in [0.1, 0.15) is 6.42 Å². The highest BCUT2D eigenvalue weighted by molar-refractivity contribution is 5.69. The Balaban J connectivity index is 1.66. The molecular formula is C11H21N3O2. The largest absolute Gasteiger partial charge is 0.444 e. The van der Waals surface area contributed by atoms with Crippen LogP contribution in [0.4, 0.5) is 4.79 Å². The molecule has 2 saturated heterocycles. The van der Waals surface area contributed by atoms with E-state index in [1.807, 2.05) is 0 Å². The summed E-state index contributed by atoms with van der Waals surface area (Å²) < 4.78 is 5.24. The summed E-state index contributed by atoms with van der Waals surface area (Å²) in [4.78, 5) is 17.6. The highest BCUT2D eigenvalue weighted by Crippen LogP contribution is 2.13. The number of rotatable bonds is 3. The molecule has 0 aromatic rings. The van der Waals surface area contributed by atoms with Gasteiger partial charge in [-0.2, -0.15) is 0 Å². The van der Waals surface area contributed by atoms with Crippen molar-refractivity contribution in [2.45, 2.75) is 12.5 Å². The maximum atomic E-state index is 11.2. The van der Waals surface area contributed by atoms with Crippen LogP contribution in [0.25, 0.3) is 0 Å². The van der Waals surface area contributed by atoms with Crippen molar-refractivity contribution in [2.75, 3.05) is 53.4 Å². The van der Waals surface area contributed by atoms with E-state index in [4.69, 9.17) is 4.74 Å². The van der Waals surface area contributed by atoms with Gasteiger partial charge in [0.25, 0.3) is 0 Å². The molecule has 2 fully saturated rings. The number of nitrogens with zero attached hydrogens (tertiary/aromatic N) is 3. The number of carbonyl (C=O) groups is 1. The monoisotopic (exact) mass is 227 g/mol. The molecule has 1 atom stereocenters. The number of ether oxygens (including phenoxy) is 1. The number of likely N-dealkylation sites (N-methyl/N-ethyl adjacent to an activating group) is 2. The zero-order valence-electron chi connectivity index (χ0n) is 10.2. The van der Waals surface area contributed by atoms with E-state index >= 15 is 0 Å². The average molecular weight is 227 g/mol. The Morgan fingerprint density at radius 2 is 1.94 bits per heavy atom. The number of hydrogen-bond acceptors (Lipinski definition) is 4. The van der Waals surface area contributed by atoms with Gasteiger partial charge in [-0.05, 0) is 13.5 Å². The number of cyclic esters (lactones) is 1. The quantitative estimate of drug-likeness (QED) is 0.684. The van der Waals surface area contributed by atoms with E-state index in [0.29, 0.717) is 0 Å². The highest BCUT2D eigenvalue weighted by atomic mass is 16.6. The van der Waals surface area contributed by atoms with Crippen LogP contribution in [0.2, 0.25) is 0 Å². The molecule has 0 saturated carbocycles. The summed E-state index contributed by atoms with van der Waals surface area (Å²) in [5.74, 6) is 0. The van der Waals surface area contributed by atoms with E-state index in [1.54, 1.807) is 11.9 Å². The molecule has 0 unspecified atom stereocenters. The second kappa shape index (κ2) is 5.01. The van der Waals surface area contributed by atoms with E-state index in [0.717, 1.165) is 45.7 Å². The van der Waals surface area contributed by atoms with Crippen molar-refractivity contribution < 1.29 is 9.53 Å². The van der Waals surface area contributed by atoms with Crippen molar-refractivity contribution in [1.29, 1.82) is 0 Å². The average Bonchev–Trinajstić information content (AvgIpc) is 2.58. The smallest absolute Gasteiger partial charge is 0.409 e. The van der Waals surface area contributed by atoms with Gasteiger partial charge in [0, 0.05) is 39.8 Å². The van der Waals surface area contributed by atoms with Gasteiger partial charge in [-0.3, -0.25) is 0 Å². The molecule has 0 N–H and O–H groups in total. The molecule has 1 amide bonds. The lowest BCUT2D eigenvalue weighted by molar-refractivity contribution is 0.108. The van der Waals surface area contributed by atoms with E-state index < -0.39 is 0 Å². The summed E-state index contributed by atoms with van der Waals surface area (Å²) in [6.07, 6.45) is 0.875. The fourth-order valence-corrected chi connectivity index (χ4v) is 2.20. The number of carbonyl (C=O) groups excluding carboxylic acids is 1. The molecule has 2 aliphatic heterocycles. The molecule has 16 heavy (non-hydrogen) atoms. The van der Waals surface area contributed by atoms with Crippen LogP contribution in [0.3, 0.4) is 0 Å². The molecule has 0 spiro atoms. The minimum atomic E-state index is -0.177. The van der Waals surface area contributed by atoms with Gasteiger partial charge in [0.05, 0.1) is 6.54 Å². The highest BCUT2D eigenvalue weighted by Gasteiger charge is 2.28. The Morgan fingerprint density at radius 1 is 1.25 bits per heavy atom. The van der Waals surface area contributed by atoms with Crippen molar-refractivity contribution in [2.24, 2.45) is 0 Å². The van der Waals surface area contributed by atoms with Gasteiger partial charge in [0.2, 0.25) is 0 Å². The first kappa shape index (κ1) is 11.7. The first-order valence-electron chi connectivity index (χ1n) is 5.98. The van der Waals surface area contributed by atoms with E-state index in [1.165, 1.54) is 0 Å². The molecular weight excluding hydrogens is 206 g/mol. The normalized spacial score (nSPS) is 28.5. The summed E-state index contributed by atoms with van der Waals surface area (Å²) in [7, 11) is 3.95. The Morgan fingerprint density at radius 3 is 2.50 bits per heavy atom. The third kappa shape index (κ3) is 2.86. The Kier molecular flexibility index (Phi) is 3.66. The van der Waals surface area contributed by atoms with Crippen LogP contribution in [0.5, 0.6) is 0 Å². The van der Waals surface area contributed by atoms with Crippen LogP contribution in [0, 0.1) is 0 Å². The maximum Gasteiger partial charge on any atom is 0.409 e. The van der Waals surface area contributed by atoms with Crippen molar-refractivity contribution in [1.82, 2.24) is 14.7 Å². The zero-order chi connectivity index (χ0) is 11.5. The lowest BCUT2D eigenvalue weighted by Gasteiger charge is -2.32. The summed E-state index contributed by atoms with van der Waals surface area (Å²) in [5, 5.41) is 0. The topological polar surface area (TPSA) is 36.0 Å². The Bertz CT molecular complexity index is 252. The van der Waals surface area contributed by atoms with E-state index in [-0.39, 0.29) is 12.2 Å². The molecule has 2 aliphatic rings. The second-order valence-electron chi connectivity index (χ2n) is 4.82. The van der Waals surface area contributed by atoms with Gasteiger partial charge < -0.3 is 19.4 Å². The van der Waals surface area contributed by atoms with Gasteiger partial charge in [-0.15, -0.1) is 0 Å². The maximum absolute atomic E-state index is 11.2. The molecule has 2 rings (SSSR count). The van der Waals surface area contributed by atoms with Crippen LogP contribution < -0.4 is 0 Å². The van der Waals surface area contributed by atoms with Gasteiger partial charge >= 0.3 is 6.09 Å². The lowest BCUT2D eigenvalue weighted by atomic mass is 10.2. The Labute approximate surface area is 96.9 Å². The summed E-state index contributed by atoms with van der Waals surface area (Å²) in [6, 6.07) is 0. The molecule has 0 radical (unpaired) electrons. The summed E-state index contributed by atoms with van der Waals surface area (Å²) in [5.41, 5.74) is 0. The minimum Gasteiger partial charge on any atom is -0.444 e.